The fourth-order valence-electron chi connectivity index (χ4n) is 9.15. The second-order valence-corrected chi connectivity index (χ2v) is 17.1. The van der Waals surface area contributed by atoms with E-state index in [0.717, 1.165) is 111 Å². The number of amides is 1. The Morgan fingerprint density at radius 1 is 0.677 bits per heavy atom. The molecule has 4 aromatic rings. The maximum atomic E-state index is 12.9. The average molecular weight is 870 g/mol. The van der Waals surface area contributed by atoms with Crippen LogP contribution in [0.25, 0.3) is 22.1 Å². The van der Waals surface area contributed by atoms with Crippen LogP contribution in [0.2, 0.25) is 0 Å². The van der Waals surface area contributed by atoms with Crippen LogP contribution in [0, 0.1) is 23.7 Å². The van der Waals surface area contributed by atoms with Crippen molar-refractivity contribution in [2.75, 3.05) is 87.8 Å². The summed E-state index contributed by atoms with van der Waals surface area (Å²) in [5, 5.41) is 12.4. The Bertz CT molecular complexity index is 2170. The SMILES string of the molecule is C.CN1CCNCC1.COc1ccc2c(c1)n(CC1CCC(C(=O)N3CCN(C)CC3)CC1)c(=O)n2C.COc1ccc2c(c1)n(CC1CCC(C(=O)O)CC1)c(=O)n2C.[2H]CF. The van der Waals surface area contributed by atoms with Crippen molar-refractivity contribution in [3.05, 3.63) is 57.4 Å². The van der Waals surface area contributed by atoms with Crippen LogP contribution in [0.1, 0.15) is 60.2 Å². The number of carbonyl (C=O) groups excluding carboxylic acids is 1. The number of aryl methyl sites for hydroxylation is 2. The molecule has 2 aliphatic heterocycles. The normalized spacial score (nSPS) is 22.1. The summed E-state index contributed by atoms with van der Waals surface area (Å²) in [6.07, 6.45) is 6.95. The first-order valence-corrected chi connectivity index (χ1v) is 21.7. The highest BCUT2D eigenvalue weighted by atomic mass is 19.1. The lowest BCUT2D eigenvalue weighted by atomic mass is 9.81. The summed E-state index contributed by atoms with van der Waals surface area (Å²) in [5.41, 5.74) is 3.59. The molecule has 15 nitrogen and oxygen atoms in total. The smallest absolute Gasteiger partial charge is 0.328 e. The fraction of sp³-hybridized carbons (Fsp3) is 0.652. The molecule has 16 heteroatoms. The topological polar surface area (TPSA) is 148 Å². The molecule has 0 unspecified atom stereocenters. The number of benzene rings is 2. The number of piperazine rings is 2. The van der Waals surface area contributed by atoms with Crippen molar-refractivity contribution >= 4 is 33.9 Å². The van der Waals surface area contributed by atoms with Gasteiger partial charge in [-0.25, -0.2) is 9.59 Å². The Labute approximate surface area is 367 Å². The van der Waals surface area contributed by atoms with Crippen molar-refractivity contribution in [2.45, 2.75) is 71.9 Å². The first-order valence-electron chi connectivity index (χ1n) is 22.4. The number of nitrogens with one attached hydrogen (secondary N) is 1. The van der Waals surface area contributed by atoms with Gasteiger partial charge in [-0.15, -0.1) is 0 Å². The van der Waals surface area contributed by atoms with Gasteiger partial charge in [-0.2, -0.15) is 0 Å². The number of methoxy groups -OCH3 is 2. The molecule has 2 aliphatic carbocycles. The number of rotatable bonds is 8. The van der Waals surface area contributed by atoms with E-state index in [1.54, 1.807) is 35.0 Å². The maximum Gasteiger partial charge on any atom is 0.328 e. The molecule has 2 saturated carbocycles. The second-order valence-electron chi connectivity index (χ2n) is 17.1. The summed E-state index contributed by atoms with van der Waals surface area (Å²) in [6.45, 7) is 9.72. The molecular formula is C46H73FN8O7. The number of carboxylic acid groups (broad SMARTS) is 1. The van der Waals surface area contributed by atoms with Gasteiger partial charge in [-0.05, 0) is 102 Å². The number of alkyl halides is 1. The Kier molecular flexibility index (Phi) is 18.5. The molecule has 2 N–H and O–H groups in total. The van der Waals surface area contributed by atoms with E-state index in [1.807, 2.05) is 52.9 Å². The lowest BCUT2D eigenvalue weighted by molar-refractivity contribution is -0.143. The Morgan fingerprint density at radius 2 is 1.08 bits per heavy atom. The number of halogens is 1. The van der Waals surface area contributed by atoms with Crippen molar-refractivity contribution < 1.29 is 29.9 Å². The van der Waals surface area contributed by atoms with Gasteiger partial charge in [0.05, 0.1) is 50.7 Å². The third-order valence-corrected chi connectivity index (χ3v) is 13.1. The predicted molar refractivity (Wildman–Crippen MR) is 244 cm³/mol. The number of ether oxygens (including phenoxy) is 2. The van der Waals surface area contributed by atoms with Crippen molar-refractivity contribution in [3.63, 3.8) is 0 Å². The number of hydrogen-bond donors (Lipinski definition) is 2. The van der Waals surface area contributed by atoms with Gasteiger partial charge in [-0.3, -0.25) is 32.2 Å². The van der Waals surface area contributed by atoms with Crippen LogP contribution in [-0.4, -0.2) is 138 Å². The third-order valence-electron chi connectivity index (χ3n) is 13.1. The molecule has 2 aromatic heterocycles. The van der Waals surface area contributed by atoms with Gasteiger partial charge in [0, 0.05) is 97.6 Å². The van der Waals surface area contributed by atoms with Crippen molar-refractivity contribution in [3.8, 4) is 11.5 Å². The molecule has 62 heavy (non-hydrogen) atoms. The molecule has 2 aromatic carbocycles. The summed E-state index contributed by atoms with van der Waals surface area (Å²) in [7, 11) is 10.1. The van der Waals surface area contributed by atoms with Crippen LogP contribution in [0.3, 0.4) is 0 Å². The van der Waals surface area contributed by atoms with Gasteiger partial charge >= 0.3 is 17.3 Å². The zero-order valence-corrected chi connectivity index (χ0v) is 37.1. The second kappa shape index (κ2) is 23.7. The van der Waals surface area contributed by atoms with Crippen LogP contribution >= 0.6 is 0 Å². The molecule has 346 valence electrons. The van der Waals surface area contributed by atoms with E-state index in [-0.39, 0.29) is 30.6 Å². The largest absolute Gasteiger partial charge is 0.497 e. The molecule has 0 bridgehead atoms. The van der Waals surface area contributed by atoms with E-state index in [9.17, 15) is 23.6 Å². The summed E-state index contributed by atoms with van der Waals surface area (Å²) in [5.74, 6) is 1.83. The predicted octanol–water partition coefficient (Wildman–Crippen LogP) is 4.91. The first kappa shape index (κ1) is 48.4. The van der Waals surface area contributed by atoms with E-state index in [1.165, 1.54) is 13.1 Å². The number of hydrogen-bond acceptors (Lipinski definition) is 9. The highest BCUT2D eigenvalue weighted by Crippen LogP contribution is 2.33. The summed E-state index contributed by atoms with van der Waals surface area (Å²) < 4.78 is 33.1. The Morgan fingerprint density at radius 3 is 1.45 bits per heavy atom. The van der Waals surface area contributed by atoms with E-state index in [4.69, 9.17) is 16.0 Å². The number of likely N-dealkylation sites (N-methyl/N-ethyl adjacent to an activating group) is 2. The number of fused-ring (bicyclic) bond motifs is 2. The van der Waals surface area contributed by atoms with Crippen molar-refractivity contribution in [1.29, 1.82) is 0 Å². The molecule has 0 spiro atoms. The summed E-state index contributed by atoms with van der Waals surface area (Å²) in [6, 6.07) is 11.4. The summed E-state index contributed by atoms with van der Waals surface area (Å²) >= 11 is 0. The highest BCUT2D eigenvalue weighted by molar-refractivity contribution is 5.80. The number of imidazole rings is 2. The quantitative estimate of drug-likeness (QED) is 0.251. The van der Waals surface area contributed by atoms with Crippen molar-refractivity contribution in [1.82, 2.24) is 38.3 Å². The Balaban J connectivity index is 0.000000228. The Hall–Kier alpha value is -4.67. The van der Waals surface area contributed by atoms with Crippen LogP contribution in [-0.2, 0) is 36.8 Å². The average Bonchev–Trinajstić information content (AvgIpc) is 3.66. The zero-order chi connectivity index (χ0) is 44.9. The monoisotopic (exact) mass is 870 g/mol. The van der Waals surface area contributed by atoms with Crippen LogP contribution in [0.4, 0.5) is 4.39 Å². The lowest BCUT2D eigenvalue weighted by Crippen LogP contribution is -2.49. The van der Waals surface area contributed by atoms with Crippen molar-refractivity contribution in [2.24, 2.45) is 37.8 Å². The molecule has 0 radical (unpaired) electrons. The molecule has 2 saturated heterocycles. The number of carbonyl (C=O) groups is 2. The zero-order valence-electron chi connectivity index (χ0n) is 38.1. The highest BCUT2D eigenvalue weighted by Gasteiger charge is 2.32. The lowest BCUT2D eigenvalue weighted by Gasteiger charge is -2.36. The number of aromatic nitrogens is 4. The minimum absolute atomic E-state index is 0. The molecule has 4 aliphatic rings. The maximum absolute atomic E-state index is 12.9. The number of nitrogens with zero attached hydrogens (tertiary/aromatic N) is 7. The molecule has 8 rings (SSSR count). The van der Waals surface area contributed by atoms with E-state index in [0.29, 0.717) is 43.7 Å². The van der Waals surface area contributed by atoms with E-state index in [2.05, 4.69) is 29.2 Å². The minimum Gasteiger partial charge on any atom is -0.497 e. The van der Waals surface area contributed by atoms with Gasteiger partial charge in [-0.1, -0.05) is 7.43 Å². The van der Waals surface area contributed by atoms with E-state index < -0.39 is 13.1 Å². The molecule has 4 heterocycles. The number of aliphatic carboxylic acids is 1. The third kappa shape index (κ3) is 12.3. The summed E-state index contributed by atoms with van der Waals surface area (Å²) in [4.78, 5) is 55.9. The van der Waals surface area contributed by atoms with Gasteiger partial charge in [0.15, 0.2) is 0 Å². The van der Waals surface area contributed by atoms with Gasteiger partial charge in [0.2, 0.25) is 5.91 Å². The fourth-order valence-corrected chi connectivity index (χ4v) is 9.15. The van der Waals surface area contributed by atoms with Gasteiger partial charge in [0.25, 0.3) is 0 Å². The number of carboxylic acids is 1. The van der Waals surface area contributed by atoms with Crippen LogP contribution in [0.15, 0.2) is 46.0 Å². The van der Waals surface area contributed by atoms with Gasteiger partial charge in [0.1, 0.15) is 11.5 Å². The minimum atomic E-state index is -1.00. The molecular weight excluding hydrogens is 796 g/mol. The van der Waals surface area contributed by atoms with E-state index >= 15 is 0 Å². The molecule has 1 amide bonds. The van der Waals surface area contributed by atoms with Crippen LogP contribution < -0.4 is 26.2 Å². The molecule has 4 fully saturated rings. The van der Waals surface area contributed by atoms with Gasteiger partial charge < -0.3 is 34.6 Å². The molecule has 0 atom stereocenters. The standard InChI is InChI=1S/C22H32N4O3.C17H22N2O4.C5H12N2.CH3F.CH4/c1-23-10-12-25(13-11-23)21(27)17-6-4-16(5-7-17)15-26-20-14-18(29-3)8-9-19(20)24(2)22(26)28;1-18-14-8-7-13(23-2)9-15(14)19(17(18)22)10-11-3-5-12(6-4-11)16(20)21;1-7-4-2-6-3-5-7;1-2;/h8-9,14,16-17H,4-7,10-13,15H2,1-3H3;7-9,11-12H,3-6,10H2,1-2H3,(H,20,21);6H,2-5H2,1H3;1H3;1H4/i;;;1D;. The van der Waals surface area contributed by atoms with Crippen LogP contribution in [0.5, 0.6) is 11.5 Å². The first-order chi connectivity index (χ1) is 29.8.